The topological polar surface area (TPSA) is 77.8 Å². The van der Waals surface area contributed by atoms with Crippen molar-refractivity contribution in [1.82, 2.24) is 4.90 Å². The molecule has 0 aliphatic heterocycles. The Morgan fingerprint density at radius 1 is 1.17 bits per heavy atom. The third-order valence-corrected chi connectivity index (χ3v) is 2.48. The van der Waals surface area contributed by atoms with Crippen molar-refractivity contribution in [3.63, 3.8) is 0 Å². The second-order valence-corrected chi connectivity index (χ2v) is 4.28. The van der Waals surface area contributed by atoms with Crippen LogP contribution >= 0.6 is 0 Å². The molecule has 0 aliphatic rings. The van der Waals surface area contributed by atoms with E-state index in [1.165, 1.54) is 0 Å². The summed E-state index contributed by atoms with van der Waals surface area (Å²) in [6.07, 6.45) is 0.597. The molecule has 0 spiro atoms. The Hall–Kier alpha value is -1.88. The largest absolute Gasteiger partial charge is 0.481 e. The van der Waals surface area contributed by atoms with Crippen LogP contribution in [0.2, 0.25) is 0 Å². The Balaban J connectivity index is 2.58. The molecule has 0 bridgehead atoms. The van der Waals surface area contributed by atoms with Gasteiger partial charge in [0, 0.05) is 13.0 Å². The van der Waals surface area contributed by atoms with Gasteiger partial charge in [0.25, 0.3) is 0 Å². The zero-order valence-corrected chi connectivity index (χ0v) is 10.3. The smallest absolute Gasteiger partial charge is 0.317 e. The van der Waals surface area contributed by atoms with E-state index in [-0.39, 0.29) is 13.0 Å². The molecular formula is C13H17NO4. The molecule has 0 unspecified atom stereocenters. The molecular weight excluding hydrogens is 234 g/mol. The van der Waals surface area contributed by atoms with Gasteiger partial charge >= 0.3 is 11.9 Å². The summed E-state index contributed by atoms with van der Waals surface area (Å²) in [5, 5.41) is 17.3. The molecule has 0 aromatic heterocycles. The van der Waals surface area contributed by atoms with Gasteiger partial charge in [-0.25, -0.2) is 0 Å². The molecule has 98 valence electrons. The first-order valence-corrected chi connectivity index (χ1v) is 5.67. The summed E-state index contributed by atoms with van der Waals surface area (Å²) in [6, 6.07) is 7.56. The maximum atomic E-state index is 10.5. The molecule has 5 heteroatoms. The molecule has 0 atom stereocenters. The first kappa shape index (κ1) is 14.2. The summed E-state index contributed by atoms with van der Waals surface area (Å²) in [7, 11) is 1.73. The summed E-state index contributed by atoms with van der Waals surface area (Å²) in [4.78, 5) is 22.7. The van der Waals surface area contributed by atoms with Crippen molar-refractivity contribution in [2.45, 2.75) is 19.4 Å². The van der Waals surface area contributed by atoms with Crippen molar-refractivity contribution in [3.05, 3.63) is 35.4 Å². The summed E-state index contributed by atoms with van der Waals surface area (Å²) < 4.78 is 0. The van der Waals surface area contributed by atoms with E-state index < -0.39 is 11.9 Å². The number of carbonyl (C=O) groups is 2. The molecule has 0 radical (unpaired) electrons. The van der Waals surface area contributed by atoms with Crippen LogP contribution in [0.5, 0.6) is 0 Å². The lowest BCUT2D eigenvalue weighted by Gasteiger charge is -2.14. The van der Waals surface area contributed by atoms with Gasteiger partial charge in [0.05, 0.1) is 6.54 Å². The van der Waals surface area contributed by atoms with E-state index in [1.54, 1.807) is 11.9 Å². The lowest BCUT2D eigenvalue weighted by atomic mass is 10.1. The van der Waals surface area contributed by atoms with Crippen LogP contribution in [0.25, 0.3) is 0 Å². The van der Waals surface area contributed by atoms with Crippen molar-refractivity contribution in [2.75, 3.05) is 13.6 Å². The van der Waals surface area contributed by atoms with Crippen LogP contribution in [0.1, 0.15) is 17.5 Å². The highest BCUT2D eigenvalue weighted by atomic mass is 16.4. The van der Waals surface area contributed by atoms with Crippen LogP contribution in [0, 0.1) is 0 Å². The van der Waals surface area contributed by atoms with Crippen LogP contribution < -0.4 is 0 Å². The highest BCUT2D eigenvalue weighted by molar-refractivity contribution is 5.69. The highest BCUT2D eigenvalue weighted by Gasteiger charge is 2.06. The van der Waals surface area contributed by atoms with Gasteiger partial charge in [0.1, 0.15) is 0 Å². The molecule has 0 amide bonds. The van der Waals surface area contributed by atoms with E-state index in [1.807, 2.05) is 24.3 Å². The average Bonchev–Trinajstić information content (AvgIpc) is 2.25. The molecule has 0 aliphatic carbocycles. The predicted molar refractivity (Wildman–Crippen MR) is 66.4 cm³/mol. The fourth-order valence-corrected chi connectivity index (χ4v) is 1.73. The highest BCUT2D eigenvalue weighted by Crippen LogP contribution is 2.09. The van der Waals surface area contributed by atoms with Gasteiger partial charge in [-0.1, -0.05) is 24.3 Å². The maximum Gasteiger partial charge on any atom is 0.317 e. The molecule has 0 fully saturated rings. The lowest BCUT2D eigenvalue weighted by Crippen LogP contribution is -2.25. The number of carboxylic acid groups (broad SMARTS) is 2. The standard InChI is InChI=1S/C13H17NO4/c1-14(9-13(17)18)8-11-4-2-3-10(7-11)5-6-12(15)16/h2-4,7H,5-6,8-9H2,1H3,(H,15,16)(H,17,18). The number of carboxylic acids is 2. The summed E-state index contributed by atoms with van der Waals surface area (Å²) in [6.45, 7) is 0.520. The number of hydrogen-bond donors (Lipinski definition) is 2. The van der Waals surface area contributed by atoms with Gasteiger partial charge in [-0.15, -0.1) is 0 Å². The summed E-state index contributed by atoms with van der Waals surface area (Å²) in [5.74, 6) is -1.68. The molecule has 0 heterocycles. The minimum Gasteiger partial charge on any atom is -0.481 e. The van der Waals surface area contributed by atoms with Crippen LogP contribution in [0.4, 0.5) is 0 Å². The van der Waals surface area contributed by atoms with Gasteiger partial charge in [-0.05, 0) is 24.6 Å². The first-order chi connectivity index (χ1) is 8.47. The number of nitrogens with zero attached hydrogens (tertiary/aromatic N) is 1. The predicted octanol–water partition coefficient (Wildman–Crippen LogP) is 1.22. The van der Waals surface area contributed by atoms with Crippen LogP contribution in [0.3, 0.4) is 0 Å². The zero-order chi connectivity index (χ0) is 13.5. The molecule has 1 aromatic rings. The van der Waals surface area contributed by atoms with Crippen molar-refractivity contribution in [2.24, 2.45) is 0 Å². The molecule has 1 aromatic carbocycles. The van der Waals surface area contributed by atoms with Crippen molar-refractivity contribution < 1.29 is 19.8 Å². The summed E-state index contributed by atoms with van der Waals surface area (Å²) in [5.41, 5.74) is 1.94. The van der Waals surface area contributed by atoms with E-state index in [0.717, 1.165) is 11.1 Å². The van der Waals surface area contributed by atoms with E-state index in [9.17, 15) is 9.59 Å². The normalized spacial score (nSPS) is 10.6. The minimum absolute atomic E-state index is 0.0145. The third-order valence-electron chi connectivity index (χ3n) is 2.48. The third kappa shape index (κ3) is 5.45. The number of rotatable bonds is 7. The van der Waals surface area contributed by atoms with Crippen molar-refractivity contribution in [1.29, 1.82) is 0 Å². The van der Waals surface area contributed by atoms with Crippen LogP contribution in [-0.4, -0.2) is 40.6 Å². The Kier molecular flexibility index (Phi) is 5.32. The van der Waals surface area contributed by atoms with Gasteiger partial charge in [-0.2, -0.15) is 0 Å². The SMILES string of the molecule is CN(CC(=O)O)Cc1cccc(CCC(=O)O)c1. The van der Waals surface area contributed by atoms with E-state index >= 15 is 0 Å². The Morgan fingerprint density at radius 2 is 1.83 bits per heavy atom. The molecule has 2 N–H and O–H groups in total. The van der Waals surface area contributed by atoms with Crippen LogP contribution in [-0.2, 0) is 22.6 Å². The molecule has 0 saturated heterocycles. The van der Waals surface area contributed by atoms with Gasteiger partial charge < -0.3 is 10.2 Å². The number of likely N-dealkylation sites (N-methyl/N-ethyl adjacent to an activating group) is 1. The number of aliphatic carboxylic acids is 2. The fourth-order valence-electron chi connectivity index (χ4n) is 1.73. The quantitative estimate of drug-likeness (QED) is 0.762. The molecule has 5 nitrogen and oxygen atoms in total. The molecule has 18 heavy (non-hydrogen) atoms. The summed E-state index contributed by atoms with van der Waals surface area (Å²) >= 11 is 0. The second kappa shape index (κ2) is 6.76. The zero-order valence-electron chi connectivity index (χ0n) is 10.3. The number of benzene rings is 1. The number of aryl methyl sites for hydroxylation is 1. The maximum absolute atomic E-state index is 10.5. The monoisotopic (exact) mass is 251 g/mol. The van der Waals surface area contributed by atoms with Gasteiger partial charge in [0.2, 0.25) is 0 Å². The second-order valence-electron chi connectivity index (χ2n) is 4.28. The van der Waals surface area contributed by atoms with Gasteiger partial charge in [-0.3, -0.25) is 14.5 Å². The average molecular weight is 251 g/mol. The first-order valence-electron chi connectivity index (χ1n) is 5.67. The Morgan fingerprint density at radius 3 is 2.44 bits per heavy atom. The fraction of sp³-hybridized carbons (Fsp3) is 0.385. The minimum atomic E-state index is -0.862. The van der Waals surface area contributed by atoms with Gasteiger partial charge in [0.15, 0.2) is 0 Å². The van der Waals surface area contributed by atoms with Crippen molar-refractivity contribution >= 4 is 11.9 Å². The molecule has 0 saturated carbocycles. The van der Waals surface area contributed by atoms with Crippen molar-refractivity contribution in [3.8, 4) is 0 Å². The molecule has 1 rings (SSSR count). The Labute approximate surface area is 106 Å². The Bertz CT molecular complexity index is 431. The number of hydrogen-bond acceptors (Lipinski definition) is 3. The van der Waals surface area contributed by atoms with E-state index in [0.29, 0.717) is 13.0 Å². The van der Waals surface area contributed by atoms with E-state index in [2.05, 4.69) is 0 Å². The lowest BCUT2D eigenvalue weighted by molar-refractivity contribution is -0.138. The van der Waals surface area contributed by atoms with E-state index in [4.69, 9.17) is 10.2 Å². The van der Waals surface area contributed by atoms with Crippen LogP contribution in [0.15, 0.2) is 24.3 Å².